The Morgan fingerprint density at radius 2 is 1.70 bits per heavy atom. The maximum Gasteiger partial charge on any atom is 0.273 e. The van der Waals surface area contributed by atoms with Crippen LogP contribution >= 0.6 is 0 Å². The first-order valence-electron chi connectivity index (χ1n) is 13.2. The molecule has 0 radical (unpaired) electrons. The van der Waals surface area contributed by atoms with Gasteiger partial charge in [0.25, 0.3) is 5.91 Å². The van der Waals surface area contributed by atoms with Crippen LogP contribution in [0, 0.1) is 17.8 Å². The minimum atomic E-state index is -0.0996. The molecular formula is C28H38N2O3. The highest BCUT2D eigenvalue weighted by Crippen LogP contribution is 2.55. The van der Waals surface area contributed by atoms with Crippen LogP contribution in [0.4, 0.5) is 0 Å². The van der Waals surface area contributed by atoms with Crippen LogP contribution in [0.25, 0.3) is 11.3 Å². The molecule has 0 atom stereocenters. The molecule has 5 heteroatoms. The summed E-state index contributed by atoms with van der Waals surface area (Å²) >= 11 is 0. The molecule has 1 heterocycles. The zero-order valence-electron chi connectivity index (χ0n) is 20.0. The highest BCUT2D eigenvalue weighted by atomic mass is 16.5. The number of nitrogens with one attached hydrogen (secondary N) is 1. The minimum Gasteiger partial charge on any atom is -0.493 e. The third kappa shape index (κ3) is 5.12. The highest BCUT2D eigenvalue weighted by Gasteiger charge is 2.51. The Balaban J connectivity index is 1.20. The van der Waals surface area contributed by atoms with Crippen molar-refractivity contribution in [2.24, 2.45) is 17.8 Å². The fourth-order valence-electron chi connectivity index (χ4n) is 6.94. The summed E-state index contributed by atoms with van der Waals surface area (Å²) in [4.78, 5) is 13.1. The van der Waals surface area contributed by atoms with Crippen LogP contribution in [0.1, 0.15) is 94.5 Å². The fraction of sp³-hybridized carbons (Fsp3) is 0.643. The van der Waals surface area contributed by atoms with Crippen molar-refractivity contribution in [2.45, 2.75) is 89.5 Å². The van der Waals surface area contributed by atoms with Crippen LogP contribution in [0.5, 0.6) is 5.75 Å². The standard InChI is InChI=1S/C28H38N2O3/c1-2-3-4-5-6-9-12-32-25-11-8-7-10-23(25)26-16-24(30-33-26)27(31)29-28-17-20-13-21(18-28)15-22(14-20)19-28/h7-8,10-11,16,20-22H,2-6,9,12-15,17-19H2,1H3,(H,29,31). The van der Waals surface area contributed by atoms with Crippen LogP contribution in [-0.2, 0) is 0 Å². The van der Waals surface area contributed by atoms with Gasteiger partial charge in [-0.2, -0.15) is 0 Å². The monoisotopic (exact) mass is 450 g/mol. The van der Waals surface area contributed by atoms with E-state index in [-0.39, 0.29) is 11.4 Å². The summed E-state index contributed by atoms with van der Waals surface area (Å²) in [7, 11) is 0. The summed E-state index contributed by atoms with van der Waals surface area (Å²) in [6.45, 7) is 2.93. The molecule has 2 aromatic rings. The predicted molar refractivity (Wildman–Crippen MR) is 129 cm³/mol. The molecule has 4 bridgehead atoms. The van der Waals surface area contributed by atoms with Gasteiger partial charge in [0.15, 0.2) is 11.5 Å². The molecule has 5 nitrogen and oxygen atoms in total. The summed E-state index contributed by atoms with van der Waals surface area (Å²) in [5, 5.41) is 7.52. The number of para-hydroxylation sites is 1. The van der Waals surface area contributed by atoms with Gasteiger partial charge in [-0.25, -0.2) is 0 Å². The topological polar surface area (TPSA) is 64.4 Å². The lowest BCUT2D eigenvalue weighted by atomic mass is 9.53. The third-order valence-corrected chi connectivity index (χ3v) is 8.07. The van der Waals surface area contributed by atoms with Crippen LogP contribution in [0.15, 0.2) is 34.9 Å². The van der Waals surface area contributed by atoms with Crippen molar-refractivity contribution in [3.63, 3.8) is 0 Å². The van der Waals surface area contributed by atoms with E-state index in [2.05, 4.69) is 17.4 Å². The Hall–Kier alpha value is -2.30. The number of nitrogens with zero attached hydrogens (tertiary/aromatic N) is 1. The Morgan fingerprint density at radius 1 is 1.03 bits per heavy atom. The van der Waals surface area contributed by atoms with E-state index < -0.39 is 0 Å². The van der Waals surface area contributed by atoms with Gasteiger partial charge in [0.1, 0.15) is 5.75 Å². The zero-order chi connectivity index (χ0) is 22.7. The lowest BCUT2D eigenvalue weighted by Crippen LogP contribution is -2.59. The lowest BCUT2D eigenvalue weighted by molar-refractivity contribution is -0.0168. The molecule has 4 aliphatic carbocycles. The Labute approximate surface area is 197 Å². The van der Waals surface area contributed by atoms with Crippen molar-refractivity contribution in [2.75, 3.05) is 6.61 Å². The third-order valence-electron chi connectivity index (χ3n) is 8.07. The van der Waals surface area contributed by atoms with Crippen LogP contribution < -0.4 is 10.1 Å². The van der Waals surface area contributed by atoms with Crippen LogP contribution in [-0.4, -0.2) is 23.2 Å². The van der Waals surface area contributed by atoms with Gasteiger partial charge in [0.2, 0.25) is 0 Å². The molecule has 33 heavy (non-hydrogen) atoms. The summed E-state index contributed by atoms with van der Waals surface area (Å²) in [6, 6.07) is 9.63. The van der Waals surface area contributed by atoms with Gasteiger partial charge < -0.3 is 14.6 Å². The molecule has 0 aliphatic heterocycles. The van der Waals surface area contributed by atoms with Crippen molar-refractivity contribution in [3.05, 3.63) is 36.0 Å². The summed E-state index contributed by atoms with van der Waals surface area (Å²) in [6.07, 6.45) is 14.9. The molecule has 1 N–H and O–H groups in total. The Bertz CT molecular complexity index is 915. The van der Waals surface area contributed by atoms with E-state index in [1.54, 1.807) is 6.07 Å². The number of carbonyl (C=O) groups is 1. The molecule has 1 aromatic carbocycles. The zero-order valence-corrected chi connectivity index (χ0v) is 20.0. The van der Waals surface area contributed by atoms with E-state index >= 15 is 0 Å². The second-order valence-electron chi connectivity index (χ2n) is 10.8. The number of rotatable bonds is 11. The number of ether oxygens (including phenoxy) is 1. The van der Waals surface area contributed by atoms with E-state index in [1.165, 1.54) is 51.4 Å². The molecule has 0 spiro atoms. The van der Waals surface area contributed by atoms with Gasteiger partial charge in [-0.15, -0.1) is 0 Å². The first-order chi connectivity index (χ1) is 16.1. The number of hydrogen-bond acceptors (Lipinski definition) is 4. The Morgan fingerprint density at radius 3 is 2.42 bits per heavy atom. The second-order valence-corrected chi connectivity index (χ2v) is 10.8. The number of aromatic nitrogens is 1. The molecule has 4 saturated carbocycles. The molecule has 4 aliphatic rings. The quantitative estimate of drug-likeness (QED) is 0.383. The van der Waals surface area contributed by atoms with Gasteiger partial charge in [-0.05, 0) is 74.8 Å². The molecule has 0 saturated heterocycles. The molecule has 6 rings (SSSR count). The summed E-state index contributed by atoms with van der Waals surface area (Å²) < 4.78 is 11.7. The van der Waals surface area contributed by atoms with Crippen LogP contribution in [0.3, 0.4) is 0 Å². The lowest BCUT2D eigenvalue weighted by Gasteiger charge is -2.56. The van der Waals surface area contributed by atoms with Gasteiger partial charge in [0.05, 0.1) is 12.2 Å². The first kappa shape index (κ1) is 22.5. The van der Waals surface area contributed by atoms with E-state index in [0.717, 1.165) is 54.7 Å². The van der Waals surface area contributed by atoms with Crippen molar-refractivity contribution in [1.82, 2.24) is 10.5 Å². The van der Waals surface area contributed by atoms with Gasteiger partial charge in [-0.1, -0.05) is 56.3 Å². The number of benzene rings is 1. The Kier molecular flexibility index (Phi) is 6.75. The van der Waals surface area contributed by atoms with E-state index in [1.807, 2.05) is 24.3 Å². The van der Waals surface area contributed by atoms with E-state index in [9.17, 15) is 4.79 Å². The molecule has 4 fully saturated rings. The smallest absolute Gasteiger partial charge is 0.273 e. The molecule has 178 valence electrons. The van der Waals surface area contributed by atoms with Gasteiger partial charge >= 0.3 is 0 Å². The highest BCUT2D eigenvalue weighted by molar-refractivity contribution is 5.93. The van der Waals surface area contributed by atoms with Gasteiger partial charge in [-0.3, -0.25) is 4.79 Å². The van der Waals surface area contributed by atoms with Crippen LogP contribution in [0.2, 0.25) is 0 Å². The molecule has 1 aromatic heterocycles. The van der Waals surface area contributed by atoms with Gasteiger partial charge in [0, 0.05) is 11.6 Å². The minimum absolute atomic E-state index is 0.0247. The van der Waals surface area contributed by atoms with E-state index in [4.69, 9.17) is 9.26 Å². The fourth-order valence-corrected chi connectivity index (χ4v) is 6.94. The van der Waals surface area contributed by atoms with Crippen molar-refractivity contribution < 1.29 is 14.1 Å². The predicted octanol–water partition coefficient (Wildman–Crippen LogP) is 6.78. The molecule has 1 amide bonds. The van der Waals surface area contributed by atoms with Crippen molar-refractivity contribution in [3.8, 4) is 17.1 Å². The van der Waals surface area contributed by atoms with Crippen molar-refractivity contribution in [1.29, 1.82) is 0 Å². The maximum absolute atomic E-state index is 13.1. The number of amides is 1. The molecule has 0 unspecified atom stereocenters. The maximum atomic E-state index is 13.1. The summed E-state index contributed by atoms with van der Waals surface area (Å²) in [5.74, 6) is 3.65. The number of hydrogen-bond donors (Lipinski definition) is 1. The summed E-state index contributed by atoms with van der Waals surface area (Å²) in [5.41, 5.74) is 1.19. The average molecular weight is 451 g/mol. The van der Waals surface area contributed by atoms with E-state index in [0.29, 0.717) is 18.1 Å². The SMILES string of the molecule is CCCCCCCCOc1ccccc1-c1cc(C(=O)NC23CC4CC(CC(C4)C2)C3)no1. The largest absolute Gasteiger partial charge is 0.493 e. The average Bonchev–Trinajstić information content (AvgIpc) is 3.28. The van der Waals surface area contributed by atoms with Crippen molar-refractivity contribution >= 4 is 5.91 Å². The molecular weight excluding hydrogens is 412 g/mol. The number of carbonyl (C=O) groups excluding carboxylic acids is 1. The normalized spacial score (nSPS) is 27.6. The second kappa shape index (κ2) is 9.90. The number of unbranched alkanes of at least 4 members (excludes halogenated alkanes) is 5. The first-order valence-corrected chi connectivity index (χ1v) is 13.2.